The minimum absolute atomic E-state index is 0.178. The van der Waals surface area contributed by atoms with Crippen molar-refractivity contribution in [3.63, 3.8) is 0 Å². The lowest BCUT2D eigenvalue weighted by Gasteiger charge is -2.34. The molecule has 0 aliphatic carbocycles. The van der Waals surface area contributed by atoms with E-state index in [2.05, 4.69) is 5.32 Å². The number of aryl methyl sites for hydroxylation is 2. The fourth-order valence-corrected chi connectivity index (χ4v) is 3.55. The summed E-state index contributed by atoms with van der Waals surface area (Å²) in [6, 6.07) is 9.27. The third-order valence-electron chi connectivity index (χ3n) is 5.23. The highest BCUT2D eigenvalue weighted by molar-refractivity contribution is 6.04. The van der Waals surface area contributed by atoms with Crippen molar-refractivity contribution in [2.24, 2.45) is 0 Å². The van der Waals surface area contributed by atoms with Crippen molar-refractivity contribution in [3.8, 4) is 0 Å². The van der Waals surface area contributed by atoms with Crippen molar-refractivity contribution >= 4 is 23.4 Å². The van der Waals surface area contributed by atoms with Gasteiger partial charge in [0.25, 0.3) is 5.91 Å². The quantitative estimate of drug-likeness (QED) is 0.760. The Hall–Kier alpha value is -3.09. The number of furan rings is 1. The molecule has 0 bridgehead atoms. The Morgan fingerprint density at radius 2 is 1.55 bits per heavy atom. The number of hydrogen-bond acceptors (Lipinski definition) is 4. The summed E-state index contributed by atoms with van der Waals surface area (Å²) in [7, 11) is 0. The first-order valence-electron chi connectivity index (χ1n) is 10.0. The number of amides is 3. The van der Waals surface area contributed by atoms with Gasteiger partial charge >= 0.3 is 0 Å². The molecule has 1 saturated heterocycles. The van der Waals surface area contributed by atoms with Crippen molar-refractivity contribution < 1.29 is 18.8 Å². The van der Waals surface area contributed by atoms with Crippen LogP contribution in [0.3, 0.4) is 0 Å². The van der Waals surface area contributed by atoms with E-state index in [1.54, 1.807) is 21.9 Å². The molecule has 1 aliphatic heterocycles. The van der Waals surface area contributed by atoms with Crippen molar-refractivity contribution in [1.82, 2.24) is 9.80 Å². The Morgan fingerprint density at radius 3 is 2.10 bits per heavy atom. The van der Waals surface area contributed by atoms with Gasteiger partial charge < -0.3 is 19.5 Å². The second kappa shape index (κ2) is 9.41. The van der Waals surface area contributed by atoms with Crippen LogP contribution in [0.4, 0.5) is 5.69 Å². The van der Waals surface area contributed by atoms with E-state index in [1.165, 1.54) is 6.26 Å². The van der Waals surface area contributed by atoms with Crippen LogP contribution < -0.4 is 5.32 Å². The number of carbonyl (C=O) groups excluding carboxylic acids is 3. The monoisotopic (exact) mass is 397 g/mol. The zero-order valence-electron chi connectivity index (χ0n) is 16.9. The molecule has 2 heterocycles. The van der Waals surface area contributed by atoms with Crippen LogP contribution in [0, 0.1) is 0 Å². The molecule has 3 rings (SSSR count). The second-order valence-corrected chi connectivity index (χ2v) is 7.03. The van der Waals surface area contributed by atoms with Gasteiger partial charge in [0.2, 0.25) is 11.8 Å². The van der Waals surface area contributed by atoms with Gasteiger partial charge in [-0.15, -0.1) is 0 Å². The first-order chi connectivity index (χ1) is 14.0. The minimum atomic E-state index is -0.306. The molecule has 1 aliphatic rings. The highest BCUT2D eigenvalue weighted by Gasteiger charge is 2.27. The van der Waals surface area contributed by atoms with Gasteiger partial charge in [0.1, 0.15) is 6.42 Å². The molecule has 0 spiro atoms. The number of carbonyl (C=O) groups is 3. The third-order valence-corrected chi connectivity index (χ3v) is 5.23. The molecular weight excluding hydrogens is 370 g/mol. The SMILES string of the molecule is CCc1cccc(CC)c1NC(=O)CC(=O)N1CCN(C(=O)c2ccco2)CC1. The zero-order valence-corrected chi connectivity index (χ0v) is 16.9. The summed E-state index contributed by atoms with van der Waals surface area (Å²) >= 11 is 0. The maximum atomic E-state index is 12.6. The van der Waals surface area contributed by atoms with Crippen molar-refractivity contribution in [1.29, 1.82) is 0 Å². The highest BCUT2D eigenvalue weighted by Crippen LogP contribution is 2.23. The van der Waals surface area contributed by atoms with Gasteiger partial charge in [0.05, 0.1) is 6.26 Å². The predicted molar refractivity (Wildman–Crippen MR) is 110 cm³/mol. The van der Waals surface area contributed by atoms with Crippen LogP contribution in [0.15, 0.2) is 41.0 Å². The van der Waals surface area contributed by atoms with Gasteiger partial charge in [0.15, 0.2) is 5.76 Å². The van der Waals surface area contributed by atoms with Crippen LogP contribution >= 0.6 is 0 Å². The van der Waals surface area contributed by atoms with E-state index >= 15 is 0 Å². The van der Waals surface area contributed by atoms with Crippen molar-refractivity contribution in [2.45, 2.75) is 33.1 Å². The van der Waals surface area contributed by atoms with Crippen molar-refractivity contribution in [2.75, 3.05) is 31.5 Å². The number of piperazine rings is 1. The Morgan fingerprint density at radius 1 is 0.931 bits per heavy atom. The zero-order chi connectivity index (χ0) is 20.8. The number of nitrogens with one attached hydrogen (secondary N) is 1. The lowest BCUT2D eigenvalue weighted by atomic mass is 10.0. The highest BCUT2D eigenvalue weighted by atomic mass is 16.3. The molecule has 1 aromatic carbocycles. The fourth-order valence-electron chi connectivity index (χ4n) is 3.55. The molecule has 29 heavy (non-hydrogen) atoms. The number of rotatable bonds is 6. The van der Waals surface area contributed by atoms with Crippen LogP contribution in [0.2, 0.25) is 0 Å². The first-order valence-corrected chi connectivity index (χ1v) is 10.0. The molecule has 0 unspecified atom stereocenters. The summed E-state index contributed by atoms with van der Waals surface area (Å²) < 4.78 is 5.15. The Bertz CT molecular complexity index is 846. The lowest BCUT2D eigenvalue weighted by molar-refractivity contribution is -0.135. The van der Waals surface area contributed by atoms with E-state index in [0.717, 1.165) is 29.7 Å². The predicted octanol–water partition coefficient (Wildman–Crippen LogP) is 2.72. The smallest absolute Gasteiger partial charge is 0.289 e. The minimum Gasteiger partial charge on any atom is -0.459 e. The first kappa shape index (κ1) is 20.6. The van der Waals surface area contributed by atoms with E-state index in [0.29, 0.717) is 31.9 Å². The summed E-state index contributed by atoms with van der Waals surface area (Å²) in [5, 5.41) is 2.93. The van der Waals surface area contributed by atoms with E-state index in [-0.39, 0.29) is 24.1 Å². The molecule has 0 radical (unpaired) electrons. The summed E-state index contributed by atoms with van der Waals surface area (Å²) in [4.78, 5) is 40.7. The van der Waals surface area contributed by atoms with Crippen LogP contribution in [-0.2, 0) is 22.4 Å². The molecule has 1 fully saturated rings. The van der Waals surface area contributed by atoms with E-state index in [9.17, 15) is 14.4 Å². The van der Waals surface area contributed by atoms with Gasteiger partial charge in [-0.2, -0.15) is 0 Å². The molecule has 154 valence electrons. The lowest BCUT2D eigenvalue weighted by Crippen LogP contribution is -2.51. The molecule has 0 atom stereocenters. The average Bonchev–Trinajstić information content (AvgIpc) is 3.28. The van der Waals surface area contributed by atoms with Gasteiger partial charge in [-0.1, -0.05) is 32.0 Å². The van der Waals surface area contributed by atoms with E-state index < -0.39 is 0 Å². The Balaban J connectivity index is 1.54. The molecule has 1 N–H and O–H groups in total. The van der Waals surface area contributed by atoms with E-state index in [1.807, 2.05) is 32.0 Å². The topological polar surface area (TPSA) is 82.9 Å². The number of anilines is 1. The third kappa shape index (κ3) is 4.85. The van der Waals surface area contributed by atoms with Crippen LogP contribution in [0.1, 0.15) is 41.9 Å². The summed E-state index contributed by atoms with van der Waals surface area (Å²) in [5.41, 5.74) is 2.95. The average molecular weight is 397 g/mol. The number of benzene rings is 1. The largest absolute Gasteiger partial charge is 0.459 e. The standard InChI is InChI=1S/C22H27N3O4/c1-3-16-7-5-8-17(4-2)21(16)23-19(26)15-20(27)24-10-12-25(13-11-24)22(28)18-9-6-14-29-18/h5-9,14H,3-4,10-13,15H2,1-2H3,(H,23,26). The summed E-state index contributed by atoms with van der Waals surface area (Å²) in [5.74, 6) is -0.409. The summed E-state index contributed by atoms with van der Waals surface area (Å²) in [6.07, 6.45) is 2.88. The number of nitrogens with zero attached hydrogens (tertiary/aromatic N) is 2. The number of para-hydroxylation sites is 1. The van der Waals surface area contributed by atoms with Crippen molar-refractivity contribution in [3.05, 3.63) is 53.5 Å². The van der Waals surface area contributed by atoms with Crippen LogP contribution in [0.5, 0.6) is 0 Å². The maximum absolute atomic E-state index is 12.6. The van der Waals surface area contributed by atoms with Crippen LogP contribution in [0.25, 0.3) is 0 Å². The van der Waals surface area contributed by atoms with E-state index in [4.69, 9.17) is 4.42 Å². The normalized spacial score (nSPS) is 14.0. The Kier molecular flexibility index (Phi) is 6.69. The second-order valence-electron chi connectivity index (χ2n) is 7.03. The van der Waals surface area contributed by atoms with Gasteiger partial charge in [-0.3, -0.25) is 14.4 Å². The van der Waals surface area contributed by atoms with Gasteiger partial charge in [-0.05, 0) is 36.1 Å². The van der Waals surface area contributed by atoms with Gasteiger partial charge in [0, 0.05) is 31.9 Å². The molecule has 2 aromatic rings. The molecule has 0 saturated carbocycles. The summed E-state index contributed by atoms with van der Waals surface area (Å²) in [6.45, 7) is 5.74. The molecular formula is C22H27N3O4. The van der Waals surface area contributed by atoms with Crippen LogP contribution in [-0.4, -0.2) is 53.7 Å². The van der Waals surface area contributed by atoms with Gasteiger partial charge in [-0.25, -0.2) is 0 Å². The molecule has 7 nitrogen and oxygen atoms in total. The fraction of sp³-hybridized carbons (Fsp3) is 0.409. The molecule has 3 amide bonds. The number of hydrogen-bond donors (Lipinski definition) is 1. The Labute approximate surface area is 170 Å². The molecule has 7 heteroatoms. The maximum Gasteiger partial charge on any atom is 0.289 e. The molecule has 1 aromatic heterocycles.